The number of amides is 2. The highest BCUT2D eigenvalue weighted by Crippen LogP contribution is 2.29. The molecule has 2 aromatic carbocycles. The van der Waals surface area contributed by atoms with E-state index in [1.54, 1.807) is 36.4 Å². The van der Waals surface area contributed by atoms with Gasteiger partial charge >= 0.3 is 0 Å². The highest BCUT2D eigenvalue weighted by Gasteiger charge is 2.30. The van der Waals surface area contributed by atoms with E-state index in [0.717, 1.165) is 10.9 Å². The molecule has 0 bridgehead atoms. The van der Waals surface area contributed by atoms with E-state index in [4.69, 9.17) is 39.5 Å². The molecule has 2 rings (SSSR count). The van der Waals surface area contributed by atoms with Gasteiger partial charge in [-0.25, -0.2) is 0 Å². The van der Waals surface area contributed by atoms with E-state index in [1.165, 1.54) is 4.90 Å². The lowest BCUT2D eigenvalue weighted by atomic mass is 10.1. The average molecular weight is 565 g/mol. The second-order valence-electron chi connectivity index (χ2n) is 7.33. The maximum atomic E-state index is 13.3. The molecule has 0 aliphatic rings. The van der Waals surface area contributed by atoms with Crippen LogP contribution in [0.4, 0.5) is 0 Å². The van der Waals surface area contributed by atoms with Crippen molar-refractivity contribution in [2.45, 2.75) is 52.2 Å². The highest BCUT2D eigenvalue weighted by atomic mass is 79.9. The standard InChI is InChI=1S/C23H26BrCl3N2O3/c1-4-14(3)28-23(31)20(5-2)29(12-16-17(25)7-6-8-18(16)26)22(30)13-32-21-10-9-15(24)11-19(21)27/h6-11,14,20H,4-5,12-13H2,1-3H3,(H,28,31). The zero-order chi connectivity index (χ0) is 23.8. The Balaban J connectivity index is 2.30. The summed E-state index contributed by atoms with van der Waals surface area (Å²) in [7, 11) is 0. The van der Waals surface area contributed by atoms with Crippen LogP contribution in [-0.2, 0) is 16.1 Å². The summed E-state index contributed by atoms with van der Waals surface area (Å²) in [5, 5.41) is 4.17. The van der Waals surface area contributed by atoms with Crippen LogP contribution in [0.1, 0.15) is 39.2 Å². The molecule has 174 valence electrons. The third-order valence-electron chi connectivity index (χ3n) is 5.02. The summed E-state index contributed by atoms with van der Waals surface area (Å²) in [6.07, 6.45) is 1.19. The lowest BCUT2D eigenvalue weighted by Crippen LogP contribution is -2.51. The van der Waals surface area contributed by atoms with Crippen molar-refractivity contribution < 1.29 is 14.3 Å². The molecule has 0 aliphatic carbocycles. The Hall–Kier alpha value is -1.47. The van der Waals surface area contributed by atoms with E-state index >= 15 is 0 Å². The van der Waals surface area contributed by atoms with Crippen molar-refractivity contribution in [3.63, 3.8) is 0 Å². The lowest BCUT2D eigenvalue weighted by molar-refractivity contribution is -0.143. The first-order valence-corrected chi connectivity index (χ1v) is 12.2. The number of carbonyl (C=O) groups is 2. The maximum absolute atomic E-state index is 13.3. The first kappa shape index (κ1) is 26.8. The van der Waals surface area contributed by atoms with Gasteiger partial charge in [0.2, 0.25) is 5.91 Å². The van der Waals surface area contributed by atoms with Crippen molar-refractivity contribution in [2.75, 3.05) is 6.61 Å². The van der Waals surface area contributed by atoms with E-state index in [9.17, 15) is 9.59 Å². The molecule has 0 spiro atoms. The molecule has 1 N–H and O–H groups in total. The van der Waals surface area contributed by atoms with Crippen LogP contribution >= 0.6 is 50.7 Å². The van der Waals surface area contributed by atoms with Gasteiger partial charge in [-0.1, -0.05) is 70.6 Å². The summed E-state index contributed by atoms with van der Waals surface area (Å²) in [4.78, 5) is 27.7. The Labute approximate surface area is 212 Å². The summed E-state index contributed by atoms with van der Waals surface area (Å²) in [6, 6.07) is 9.50. The topological polar surface area (TPSA) is 58.6 Å². The summed E-state index contributed by atoms with van der Waals surface area (Å²) in [5.41, 5.74) is 0.570. The van der Waals surface area contributed by atoms with Gasteiger partial charge in [0.15, 0.2) is 6.61 Å². The number of nitrogens with zero attached hydrogens (tertiary/aromatic N) is 1. The van der Waals surface area contributed by atoms with Crippen LogP contribution < -0.4 is 10.1 Å². The van der Waals surface area contributed by atoms with Crippen LogP contribution in [0.25, 0.3) is 0 Å². The van der Waals surface area contributed by atoms with E-state index in [-0.39, 0.29) is 31.0 Å². The Morgan fingerprint density at radius 2 is 1.72 bits per heavy atom. The van der Waals surface area contributed by atoms with Crippen LogP contribution in [0.5, 0.6) is 5.75 Å². The Morgan fingerprint density at radius 1 is 1.06 bits per heavy atom. The van der Waals surface area contributed by atoms with Crippen molar-refractivity contribution in [3.05, 3.63) is 61.5 Å². The minimum absolute atomic E-state index is 0.0183. The van der Waals surface area contributed by atoms with Gasteiger partial charge in [0.1, 0.15) is 11.8 Å². The molecule has 9 heteroatoms. The maximum Gasteiger partial charge on any atom is 0.261 e. The van der Waals surface area contributed by atoms with Gasteiger partial charge in [-0.05, 0) is 50.1 Å². The SMILES string of the molecule is CCC(C)NC(=O)C(CC)N(Cc1c(Cl)cccc1Cl)C(=O)COc1ccc(Br)cc1Cl. The third-order valence-corrected chi connectivity index (χ3v) is 6.52. The van der Waals surface area contributed by atoms with Gasteiger partial charge in [0.05, 0.1) is 5.02 Å². The zero-order valence-electron chi connectivity index (χ0n) is 18.1. The largest absolute Gasteiger partial charge is 0.482 e. The van der Waals surface area contributed by atoms with Gasteiger partial charge in [-0.15, -0.1) is 0 Å². The number of halogens is 4. The Kier molecular flexibility index (Phi) is 10.6. The highest BCUT2D eigenvalue weighted by molar-refractivity contribution is 9.10. The first-order chi connectivity index (χ1) is 15.2. The van der Waals surface area contributed by atoms with Gasteiger partial charge in [0, 0.05) is 32.7 Å². The number of carbonyl (C=O) groups excluding carboxylic acids is 2. The number of rotatable bonds is 10. The van der Waals surface area contributed by atoms with Crippen molar-refractivity contribution >= 4 is 62.5 Å². The van der Waals surface area contributed by atoms with Crippen LogP contribution in [-0.4, -0.2) is 35.4 Å². The second kappa shape index (κ2) is 12.7. The molecule has 0 aromatic heterocycles. The van der Waals surface area contributed by atoms with E-state index < -0.39 is 6.04 Å². The molecule has 0 heterocycles. The average Bonchev–Trinajstić information content (AvgIpc) is 2.74. The van der Waals surface area contributed by atoms with Gasteiger partial charge < -0.3 is 15.0 Å². The fourth-order valence-corrected chi connectivity index (χ4v) is 4.27. The fourth-order valence-electron chi connectivity index (χ4n) is 3.03. The molecule has 0 aliphatic heterocycles. The quantitative estimate of drug-likeness (QED) is 0.358. The summed E-state index contributed by atoms with van der Waals surface area (Å²) >= 11 is 22.2. The lowest BCUT2D eigenvalue weighted by Gasteiger charge is -2.32. The van der Waals surface area contributed by atoms with Crippen LogP contribution in [0.3, 0.4) is 0 Å². The molecule has 0 radical (unpaired) electrons. The van der Waals surface area contributed by atoms with E-state index in [2.05, 4.69) is 21.2 Å². The fraction of sp³-hybridized carbons (Fsp3) is 0.391. The molecule has 32 heavy (non-hydrogen) atoms. The molecular formula is C23H26BrCl3N2O3. The molecule has 2 amide bonds. The van der Waals surface area contributed by atoms with Crippen LogP contribution in [0.15, 0.2) is 40.9 Å². The second-order valence-corrected chi connectivity index (χ2v) is 9.46. The minimum Gasteiger partial charge on any atom is -0.482 e. The van der Waals surface area contributed by atoms with E-state index in [1.807, 2.05) is 20.8 Å². The normalized spacial score (nSPS) is 12.7. The number of benzene rings is 2. The predicted octanol–water partition coefficient (Wildman–Crippen LogP) is 6.51. The Bertz CT molecular complexity index is 938. The minimum atomic E-state index is -0.715. The predicted molar refractivity (Wildman–Crippen MR) is 134 cm³/mol. The van der Waals surface area contributed by atoms with Gasteiger partial charge in [-0.2, -0.15) is 0 Å². The molecule has 0 fully saturated rings. The summed E-state index contributed by atoms with van der Waals surface area (Å²) in [5.74, 6) is -0.248. The molecule has 0 saturated carbocycles. The number of nitrogens with one attached hydrogen (secondary N) is 1. The van der Waals surface area contributed by atoms with Crippen LogP contribution in [0.2, 0.25) is 15.1 Å². The van der Waals surface area contributed by atoms with Crippen molar-refractivity contribution in [3.8, 4) is 5.75 Å². The third kappa shape index (κ3) is 7.27. The van der Waals surface area contributed by atoms with Crippen molar-refractivity contribution in [2.24, 2.45) is 0 Å². The number of ether oxygens (including phenoxy) is 1. The van der Waals surface area contributed by atoms with E-state index in [0.29, 0.717) is 32.8 Å². The molecule has 2 aromatic rings. The summed E-state index contributed by atoms with van der Waals surface area (Å²) in [6.45, 7) is 5.52. The molecular weight excluding hydrogens is 539 g/mol. The van der Waals surface area contributed by atoms with Crippen molar-refractivity contribution in [1.29, 1.82) is 0 Å². The van der Waals surface area contributed by atoms with Gasteiger partial charge in [-0.3, -0.25) is 9.59 Å². The van der Waals surface area contributed by atoms with Gasteiger partial charge in [0.25, 0.3) is 5.91 Å². The van der Waals surface area contributed by atoms with Crippen molar-refractivity contribution in [1.82, 2.24) is 10.2 Å². The molecule has 2 atom stereocenters. The smallest absolute Gasteiger partial charge is 0.261 e. The molecule has 0 saturated heterocycles. The molecule has 5 nitrogen and oxygen atoms in total. The Morgan fingerprint density at radius 3 is 2.28 bits per heavy atom. The summed E-state index contributed by atoms with van der Waals surface area (Å²) < 4.78 is 6.46. The molecule has 2 unspecified atom stereocenters. The van der Waals surface area contributed by atoms with Crippen LogP contribution in [0, 0.1) is 0 Å². The number of hydrogen-bond donors (Lipinski definition) is 1. The zero-order valence-corrected chi connectivity index (χ0v) is 22.0. The monoisotopic (exact) mass is 562 g/mol. The first-order valence-electron chi connectivity index (χ1n) is 10.3. The number of hydrogen-bond acceptors (Lipinski definition) is 3.